The van der Waals surface area contributed by atoms with Gasteiger partial charge in [0, 0.05) is 11.3 Å². The number of ketones is 1. The first-order valence-corrected chi connectivity index (χ1v) is 6.49. The number of rotatable bonds is 1. The molecule has 1 saturated carbocycles. The molecule has 1 aromatic rings. The normalized spacial score (nSPS) is 30.1. The average molecular weight is 218 g/mol. The summed E-state index contributed by atoms with van der Waals surface area (Å²) < 4.78 is 0. The number of Topliss-reactive ketones (excluding diaryl/α,β-unsaturated/α-hetero) is 1. The summed E-state index contributed by atoms with van der Waals surface area (Å²) in [5.74, 6) is 0.486. The van der Waals surface area contributed by atoms with E-state index in [-0.39, 0.29) is 5.41 Å². The van der Waals surface area contributed by atoms with Gasteiger partial charge >= 0.3 is 0 Å². The summed E-state index contributed by atoms with van der Waals surface area (Å²) in [6.45, 7) is 0. The van der Waals surface area contributed by atoms with Crippen LogP contribution in [-0.4, -0.2) is 5.78 Å². The Kier molecular flexibility index (Phi) is 2.06. The maximum Gasteiger partial charge on any atom is 0.143 e. The van der Waals surface area contributed by atoms with E-state index in [0.717, 1.165) is 32.1 Å². The molecule has 2 aliphatic carbocycles. The van der Waals surface area contributed by atoms with Crippen molar-refractivity contribution in [2.45, 2.75) is 32.1 Å². The highest BCUT2D eigenvalue weighted by molar-refractivity contribution is 7.11. The van der Waals surface area contributed by atoms with E-state index in [1.54, 1.807) is 11.3 Å². The lowest BCUT2D eigenvalue weighted by Gasteiger charge is -2.24. The van der Waals surface area contributed by atoms with Crippen LogP contribution in [0.1, 0.15) is 37.0 Å². The number of hydrogen-bond donors (Lipinski definition) is 0. The SMILES string of the molecule is O=C1CCCC12CCC=C2c1cccs1. The molecule has 1 nitrogen and oxygen atoms in total. The molecule has 1 atom stereocenters. The average Bonchev–Trinajstić information content (AvgIpc) is 2.92. The number of carbonyl (C=O) groups is 1. The first-order valence-electron chi connectivity index (χ1n) is 5.61. The van der Waals surface area contributed by atoms with Crippen molar-refractivity contribution in [1.82, 2.24) is 0 Å². The summed E-state index contributed by atoms with van der Waals surface area (Å²) in [5.41, 5.74) is 1.25. The summed E-state index contributed by atoms with van der Waals surface area (Å²) in [6, 6.07) is 4.22. The molecule has 0 radical (unpaired) electrons. The van der Waals surface area contributed by atoms with Crippen molar-refractivity contribution < 1.29 is 4.79 Å². The van der Waals surface area contributed by atoms with Gasteiger partial charge in [0.1, 0.15) is 5.78 Å². The van der Waals surface area contributed by atoms with Crippen LogP contribution in [0.4, 0.5) is 0 Å². The van der Waals surface area contributed by atoms with Gasteiger partial charge < -0.3 is 0 Å². The third-order valence-electron chi connectivity index (χ3n) is 3.76. The van der Waals surface area contributed by atoms with Crippen LogP contribution in [-0.2, 0) is 4.79 Å². The molecule has 3 rings (SSSR count). The third-order valence-corrected chi connectivity index (χ3v) is 4.67. The maximum atomic E-state index is 12.1. The van der Waals surface area contributed by atoms with Gasteiger partial charge in [0.05, 0.1) is 5.41 Å². The number of carbonyl (C=O) groups excluding carboxylic acids is 1. The van der Waals surface area contributed by atoms with Gasteiger partial charge in [-0.05, 0) is 42.7 Å². The highest BCUT2D eigenvalue weighted by Crippen LogP contribution is 2.53. The Hall–Kier alpha value is -0.890. The molecule has 1 heterocycles. The second-order valence-corrected chi connectivity index (χ2v) is 5.44. The predicted molar refractivity (Wildman–Crippen MR) is 62.8 cm³/mol. The van der Waals surface area contributed by atoms with E-state index in [0.29, 0.717) is 5.78 Å². The van der Waals surface area contributed by atoms with Crippen molar-refractivity contribution in [3.8, 4) is 0 Å². The zero-order valence-electron chi connectivity index (χ0n) is 8.66. The van der Waals surface area contributed by atoms with E-state index in [4.69, 9.17) is 0 Å². The second-order valence-electron chi connectivity index (χ2n) is 4.49. The lowest BCUT2D eigenvalue weighted by Crippen LogP contribution is -2.23. The highest BCUT2D eigenvalue weighted by atomic mass is 32.1. The molecular formula is C13H14OS. The van der Waals surface area contributed by atoms with Crippen LogP contribution in [0.3, 0.4) is 0 Å². The van der Waals surface area contributed by atoms with Gasteiger partial charge in [-0.2, -0.15) is 0 Å². The van der Waals surface area contributed by atoms with Crippen molar-refractivity contribution in [2.75, 3.05) is 0 Å². The molecule has 0 saturated heterocycles. The van der Waals surface area contributed by atoms with Crippen LogP contribution in [0.15, 0.2) is 23.6 Å². The first kappa shape index (κ1) is 9.34. The van der Waals surface area contributed by atoms with E-state index < -0.39 is 0 Å². The van der Waals surface area contributed by atoms with Gasteiger partial charge in [-0.15, -0.1) is 11.3 Å². The first-order chi connectivity index (χ1) is 7.33. The summed E-state index contributed by atoms with van der Waals surface area (Å²) in [4.78, 5) is 13.4. The van der Waals surface area contributed by atoms with Gasteiger partial charge in [0.2, 0.25) is 0 Å². The lowest BCUT2D eigenvalue weighted by molar-refractivity contribution is -0.123. The Bertz CT molecular complexity index is 416. The molecule has 1 fully saturated rings. The van der Waals surface area contributed by atoms with Crippen LogP contribution < -0.4 is 0 Å². The molecule has 1 spiro atoms. The van der Waals surface area contributed by atoms with Gasteiger partial charge in [0.25, 0.3) is 0 Å². The maximum absolute atomic E-state index is 12.1. The van der Waals surface area contributed by atoms with Gasteiger partial charge in [-0.25, -0.2) is 0 Å². The molecule has 15 heavy (non-hydrogen) atoms. The second kappa shape index (κ2) is 3.31. The van der Waals surface area contributed by atoms with Crippen LogP contribution >= 0.6 is 11.3 Å². The van der Waals surface area contributed by atoms with Crippen molar-refractivity contribution in [3.63, 3.8) is 0 Å². The predicted octanol–water partition coefficient (Wildman–Crippen LogP) is 3.66. The molecule has 1 aromatic heterocycles. The smallest absolute Gasteiger partial charge is 0.143 e. The number of hydrogen-bond acceptors (Lipinski definition) is 2. The molecule has 78 valence electrons. The van der Waals surface area contributed by atoms with Crippen LogP contribution in [0, 0.1) is 5.41 Å². The molecular weight excluding hydrogens is 204 g/mol. The molecule has 0 N–H and O–H groups in total. The zero-order valence-corrected chi connectivity index (χ0v) is 9.48. The Morgan fingerprint density at radius 3 is 2.93 bits per heavy atom. The standard InChI is InChI=1S/C13H14OS/c14-12-6-2-8-13(12)7-1-4-10(13)11-5-3-9-15-11/h3-5,9H,1-2,6-8H2. The summed E-state index contributed by atoms with van der Waals surface area (Å²) in [5, 5.41) is 2.10. The van der Waals surface area contributed by atoms with E-state index in [9.17, 15) is 4.79 Å². The minimum absolute atomic E-state index is 0.0785. The monoisotopic (exact) mass is 218 g/mol. The molecule has 2 aliphatic rings. The van der Waals surface area contributed by atoms with Crippen LogP contribution in [0.5, 0.6) is 0 Å². The van der Waals surface area contributed by atoms with E-state index in [1.165, 1.54) is 10.5 Å². The fourth-order valence-electron chi connectivity index (χ4n) is 3.04. The third kappa shape index (κ3) is 1.24. The topological polar surface area (TPSA) is 17.1 Å². The zero-order chi connectivity index (χ0) is 10.3. The van der Waals surface area contributed by atoms with E-state index >= 15 is 0 Å². The fraction of sp³-hybridized carbons (Fsp3) is 0.462. The highest BCUT2D eigenvalue weighted by Gasteiger charge is 2.47. The molecule has 2 heteroatoms. The molecule has 1 unspecified atom stereocenters. The van der Waals surface area contributed by atoms with Crippen molar-refractivity contribution >= 4 is 22.7 Å². The molecule has 0 bridgehead atoms. The minimum atomic E-state index is -0.0785. The quantitative estimate of drug-likeness (QED) is 0.703. The molecule has 0 aromatic carbocycles. The van der Waals surface area contributed by atoms with Gasteiger partial charge in [-0.1, -0.05) is 12.1 Å². The lowest BCUT2D eigenvalue weighted by atomic mass is 9.78. The number of thiophene rings is 1. The Morgan fingerprint density at radius 1 is 1.33 bits per heavy atom. The Labute approximate surface area is 93.8 Å². The Balaban J connectivity index is 2.05. The molecule has 0 amide bonds. The minimum Gasteiger partial charge on any atom is -0.299 e. The summed E-state index contributed by atoms with van der Waals surface area (Å²) in [7, 11) is 0. The fourth-order valence-corrected chi connectivity index (χ4v) is 3.91. The summed E-state index contributed by atoms with van der Waals surface area (Å²) >= 11 is 1.76. The van der Waals surface area contributed by atoms with Crippen LogP contribution in [0.2, 0.25) is 0 Å². The Morgan fingerprint density at radius 2 is 2.27 bits per heavy atom. The largest absolute Gasteiger partial charge is 0.299 e. The van der Waals surface area contributed by atoms with E-state index in [1.807, 2.05) is 0 Å². The van der Waals surface area contributed by atoms with E-state index in [2.05, 4.69) is 23.6 Å². The number of allylic oxidation sites excluding steroid dienone is 2. The molecule has 0 aliphatic heterocycles. The van der Waals surface area contributed by atoms with Crippen LogP contribution in [0.25, 0.3) is 5.57 Å². The van der Waals surface area contributed by atoms with Crippen molar-refractivity contribution in [2.24, 2.45) is 5.41 Å². The van der Waals surface area contributed by atoms with Crippen molar-refractivity contribution in [1.29, 1.82) is 0 Å². The summed E-state index contributed by atoms with van der Waals surface area (Å²) in [6.07, 6.45) is 7.38. The van der Waals surface area contributed by atoms with Crippen molar-refractivity contribution in [3.05, 3.63) is 28.5 Å². The van der Waals surface area contributed by atoms with Gasteiger partial charge in [0.15, 0.2) is 0 Å². The van der Waals surface area contributed by atoms with Gasteiger partial charge in [-0.3, -0.25) is 4.79 Å².